The fourth-order valence-electron chi connectivity index (χ4n) is 3.72. The molecule has 5 heteroatoms. The van der Waals surface area contributed by atoms with Crippen LogP contribution in [0.4, 0.5) is 5.69 Å². The average molecular weight is 341 g/mol. The van der Waals surface area contributed by atoms with Gasteiger partial charge >= 0.3 is 11.8 Å². The molecule has 0 radical (unpaired) electrons. The number of amides is 2. The average Bonchev–Trinajstić information content (AvgIpc) is 2.92. The summed E-state index contributed by atoms with van der Waals surface area (Å²) in [7, 11) is 0. The number of allylic oxidation sites excluding steroid dienone is 1. The van der Waals surface area contributed by atoms with Gasteiger partial charge in [-0.2, -0.15) is 0 Å². The van der Waals surface area contributed by atoms with Crippen molar-refractivity contribution in [3.05, 3.63) is 42.0 Å². The number of nitrogens with one attached hydrogen (secondary N) is 1. The van der Waals surface area contributed by atoms with E-state index in [0.717, 1.165) is 25.9 Å². The first-order chi connectivity index (χ1) is 12.0. The molecule has 3 fully saturated rings. The van der Waals surface area contributed by atoms with Crippen LogP contribution in [0.15, 0.2) is 42.0 Å². The van der Waals surface area contributed by atoms with Crippen LogP contribution in [0.5, 0.6) is 0 Å². The van der Waals surface area contributed by atoms with Gasteiger partial charge in [-0.1, -0.05) is 29.8 Å². The Bertz CT molecular complexity index is 652. The number of fused-ring (bicyclic) bond motifs is 4. The van der Waals surface area contributed by atoms with Gasteiger partial charge in [0, 0.05) is 37.9 Å². The second-order valence-electron chi connectivity index (χ2n) is 7.36. The molecule has 2 amide bonds. The van der Waals surface area contributed by atoms with Crippen molar-refractivity contribution in [1.82, 2.24) is 9.80 Å². The molecule has 3 saturated heterocycles. The zero-order chi connectivity index (χ0) is 17.8. The SMILES string of the molecule is CC(C)=CCN1C[C@H]2CC[C@@H]1CN(C(=O)C(=O)Nc1ccccc1)C2. The van der Waals surface area contributed by atoms with Crippen molar-refractivity contribution in [3.8, 4) is 0 Å². The molecule has 3 aliphatic heterocycles. The largest absolute Gasteiger partial charge is 0.333 e. The summed E-state index contributed by atoms with van der Waals surface area (Å²) in [6, 6.07) is 9.49. The monoisotopic (exact) mass is 341 g/mol. The van der Waals surface area contributed by atoms with E-state index >= 15 is 0 Å². The standard InChI is InChI=1S/C20H27N3O2/c1-15(2)10-11-22-12-16-8-9-18(22)14-23(13-16)20(25)19(24)21-17-6-4-3-5-7-17/h3-7,10,16,18H,8-9,11-14H2,1-2H3,(H,21,24)/t16-,18-/m1/s1. The summed E-state index contributed by atoms with van der Waals surface area (Å²) in [6.45, 7) is 7.50. The van der Waals surface area contributed by atoms with Crippen molar-refractivity contribution < 1.29 is 9.59 Å². The third-order valence-corrected chi connectivity index (χ3v) is 5.07. The first-order valence-electron chi connectivity index (χ1n) is 9.05. The lowest BCUT2D eigenvalue weighted by molar-refractivity contribution is -0.143. The van der Waals surface area contributed by atoms with Crippen LogP contribution < -0.4 is 5.32 Å². The van der Waals surface area contributed by atoms with Crippen LogP contribution in [0.1, 0.15) is 26.7 Å². The first-order valence-corrected chi connectivity index (χ1v) is 9.05. The fraction of sp³-hybridized carbons (Fsp3) is 0.500. The molecule has 3 heterocycles. The fourth-order valence-corrected chi connectivity index (χ4v) is 3.72. The lowest BCUT2D eigenvalue weighted by atomic mass is 9.95. The van der Waals surface area contributed by atoms with Gasteiger partial charge in [-0.25, -0.2) is 0 Å². The van der Waals surface area contributed by atoms with E-state index in [-0.39, 0.29) is 0 Å². The lowest BCUT2D eigenvalue weighted by Crippen LogP contribution is -2.46. The minimum absolute atomic E-state index is 0.350. The summed E-state index contributed by atoms with van der Waals surface area (Å²) in [5.74, 6) is -0.494. The zero-order valence-corrected chi connectivity index (χ0v) is 15.1. The van der Waals surface area contributed by atoms with Crippen molar-refractivity contribution in [2.45, 2.75) is 32.7 Å². The molecule has 1 N–H and O–H groups in total. The van der Waals surface area contributed by atoms with Crippen LogP contribution in [0.2, 0.25) is 0 Å². The molecule has 0 spiro atoms. The number of nitrogens with zero attached hydrogens (tertiary/aromatic N) is 2. The summed E-state index contributed by atoms with van der Waals surface area (Å²) in [5, 5.41) is 2.71. The molecule has 1 aromatic rings. The molecule has 0 aromatic heterocycles. The number of anilines is 1. The summed E-state index contributed by atoms with van der Waals surface area (Å²) < 4.78 is 0. The number of carbonyl (C=O) groups is 2. The minimum atomic E-state index is -0.539. The van der Waals surface area contributed by atoms with Crippen molar-refractivity contribution in [1.29, 1.82) is 0 Å². The first kappa shape index (κ1) is 17.7. The molecule has 0 aliphatic carbocycles. The lowest BCUT2D eigenvalue weighted by Gasteiger charge is -2.35. The van der Waals surface area contributed by atoms with Crippen LogP contribution in [-0.2, 0) is 9.59 Å². The Labute approximate surface area is 149 Å². The molecule has 2 atom stereocenters. The molecule has 2 bridgehead atoms. The van der Waals surface area contributed by atoms with Crippen LogP contribution in [0.25, 0.3) is 0 Å². The van der Waals surface area contributed by atoms with Crippen LogP contribution >= 0.6 is 0 Å². The second-order valence-corrected chi connectivity index (χ2v) is 7.36. The van der Waals surface area contributed by atoms with E-state index in [4.69, 9.17) is 0 Å². The van der Waals surface area contributed by atoms with Crippen molar-refractivity contribution in [2.75, 3.05) is 31.5 Å². The maximum atomic E-state index is 12.6. The van der Waals surface area contributed by atoms with Crippen molar-refractivity contribution >= 4 is 17.5 Å². The van der Waals surface area contributed by atoms with Gasteiger partial charge < -0.3 is 10.2 Å². The molecular weight excluding hydrogens is 314 g/mol. The Kier molecular flexibility index (Phi) is 5.53. The number of carbonyl (C=O) groups excluding carboxylic acids is 2. The van der Waals surface area contributed by atoms with E-state index in [2.05, 4.69) is 30.1 Å². The molecule has 5 nitrogen and oxygen atoms in total. The number of piperidine rings is 1. The second kappa shape index (κ2) is 7.83. The molecule has 3 aliphatic rings. The summed E-state index contributed by atoms with van der Waals surface area (Å²) >= 11 is 0. The predicted molar refractivity (Wildman–Crippen MR) is 99.2 cm³/mol. The van der Waals surface area contributed by atoms with E-state index in [0.29, 0.717) is 30.7 Å². The summed E-state index contributed by atoms with van der Waals surface area (Å²) in [6.07, 6.45) is 4.49. The third-order valence-electron chi connectivity index (χ3n) is 5.07. The Morgan fingerprint density at radius 3 is 2.60 bits per heavy atom. The molecule has 134 valence electrons. The van der Waals surface area contributed by atoms with Gasteiger partial charge in [-0.3, -0.25) is 14.5 Å². The molecule has 1 aromatic carbocycles. The van der Waals surface area contributed by atoms with E-state index < -0.39 is 11.8 Å². The van der Waals surface area contributed by atoms with E-state index in [9.17, 15) is 9.59 Å². The van der Waals surface area contributed by atoms with Gasteiger partial charge in [0.05, 0.1) is 0 Å². The highest BCUT2D eigenvalue weighted by Crippen LogP contribution is 2.28. The highest BCUT2D eigenvalue weighted by molar-refractivity contribution is 6.39. The number of hydrogen-bond donors (Lipinski definition) is 1. The Morgan fingerprint density at radius 2 is 1.88 bits per heavy atom. The van der Waals surface area contributed by atoms with Crippen LogP contribution in [0.3, 0.4) is 0 Å². The number of rotatable bonds is 3. The Balaban J connectivity index is 1.64. The Morgan fingerprint density at radius 1 is 1.12 bits per heavy atom. The van der Waals surface area contributed by atoms with Crippen molar-refractivity contribution in [2.24, 2.45) is 5.92 Å². The van der Waals surface area contributed by atoms with Gasteiger partial charge in [0.1, 0.15) is 0 Å². The van der Waals surface area contributed by atoms with E-state index in [1.807, 2.05) is 18.2 Å². The van der Waals surface area contributed by atoms with Gasteiger partial charge in [-0.15, -0.1) is 0 Å². The zero-order valence-electron chi connectivity index (χ0n) is 15.1. The third kappa shape index (κ3) is 4.48. The summed E-state index contributed by atoms with van der Waals surface area (Å²) in [4.78, 5) is 29.2. The van der Waals surface area contributed by atoms with Gasteiger partial charge in [-0.05, 0) is 44.7 Å². The maximum absolute atomic E-state index is 12.6. The summed E-state index contributed by atoms with van der Waals surface area (Å²) in [5.41, 5.74) is 1.97. The predicted octanol–water partition coefficient (Wildman–Crippen LogP) is 2.51. The minimum Gasteiger partial charge on any atom is -0.333 e. The quantitative estimate of drug-likeness (QED) is 0.679. The Hall–Kier alpha value is -2.14. The van der Waals surface area contributed by atoms with Crippen LogP contribution in [0, 0.1) is 5.92 Å². The number of benzene rings is 1. The molecule has 4 rings (SSSR count). The van der Waals surface area contributed by atoms with E-state index in [1.54, 1.807) is 17.0 Å². The smallest absolute Gasteiger partial charge is 0.313 e. The number of para-hydroxylation sites is 1. The highest BCUT2D eigenvalue weighted by Gasteiger charge is 2.37. The normalized spacial score (nSPS) is 23.0. The topological polar surface area (TPSA) is 52.7 Å². The van der Waals surface area contributed by atoms with Gasteiger partial charge in [0.25, 0.3) is 0 Å². The van der Waals surface area contributed by atoms with Gasteiger partial charge in [0.2, 0.25) is 0 Å². The number of hydrogen-bond acceptors (Lipinski definition) is 3. The highest BCUT2D eigenvalue weighted by atomic mass is 16.2. The molecular formula is C20H27N3O2. The van der Waals surface area contributed by atoms with Crippen molar-refractivity contribution in [3.63, 3.8) is 0 Å². The molecule has 0 saturated carbocycles. The molecule has 0 unspecified atom stereocenters. The van der Waals surface area contributed by atoms with E-state index in [1.165, 1.54) is 5.57 Å². The van der Waals surface area contributed by atoms with Crippen LogP contribution in [-0.4, -0.2) is 53.8 Å². The molecule has 25 heavy (non-hydrogen) atoms. The maximum Gasteiger partial charge on any atom is 0.313 e. The van der Waals surface area contributed by atoms with Gasteiger partial charge in [0.15, 0.2) is 0 Å².